The Hall–Kier alpha value is -2.66. The standard InChI is InChI=1S/C21H27N3O2/c1-5-17-10-7-11-18(12-17)22-19(25)13-24(4)14-20(26)23-21-15(2)8-6-9-16(21)3/h6-12H,5,13-14H2,1-4H3,(H,22,25)(H,23,26)/p+1. The van der Waals surface area contributed by atoms with Crippen molar-refractivity contribution in [2.75, 3.05) is 30.8 Å². The number of nitrogens with one attached hydrogen (secondary N) is 3. The van der Waals surface area contributed by atoms with Crippen molar-refractivity contribution in [3.8, 4) is 0 Å². The van der Waals surface area contributed by atoms with E-state index < -0.39 is 0 Å². The van der Waals surface area contributed by atoms with Gasteiger partial charge in [0, 0.05) is 11.4 Å². The Balaban J connectivity index is 1.86. The summed E-state index contributed by atoms with van der Waals surface area (Å²) in [6.07, 6.45) is 0.924. The molecule has 0 bridgehead atoms. The van der Waals surface area contributed by atoms with E-state index in [-0.39, 0.29) is 24.9 Å². The number of benzene rings is 2. The maximum atomic E-state index is 12.3. The zero-order chi connectivity index (χ0) is 19.1. The van der Waals surface area contributed by atoms with Crippen molar-refractivity contribution in [3.05, 3.63) is 59.2 Å². The molecule has 0 saturated heterocycles. The Morgan fingerprint density at radius 2 is 1.50 bits per heavy atom. The van der Waals surface area contributed by atoms with Crippen molar-refractivity contribution in [1.29, 1.82) is 0 Å². The number of likely N-dealkylation sites (N-methyl/N-ethyl adjacent to an activating group) is 1. The molecule has 0 fully saturated rings. The molecular formula is C21H28N3O2+. The molecule has 5 heteroatoms. The van der Waals surface area contributed by atoms with E-state index in [1.807, 2.05) is 63.4 Å². The molecule has 2 aromatic rings. The van der Waals surface area contributed by atoms with Crippen LogP contribution in [-0.2, 0) is 16.0 Å². The highest BCUT2D eigenvalue weighted by atomic mass is 16.2. The van der Waals surface area contributed by atoms with E-state index in [4.69, 9.17) is 0 Å². The summed E-state index contributed by atoms with van der Waals surface area (Å²) in [5.41, 5.74) is 4.89. The van der Waals surface area contributed by atoms with Crippen molar-refractivity contribution in [2.24, 2.45) is 0 Å². The Kier molecular flexibility index (Phi) is 6.92. The fourth-order valence-electron chi connectivity index (χ4n) is 2.88. The van der Waals surface area contributed by atoms with Crippen molar-refractivity contribution in [2.45, 2.75) is 27.2 Å². The molecule has 0 aromatic heterocycles. The summed E-state index contributed by atoms with van der Waals surface area (Å²) in [7, 11) is 1.84. The number of carbonyl (C=O) groups is 2. The molecule has 3 N–H and O–H groups in total. The molecule has 5 nitrogen and oxygen atoms in total. The van der Waals surface area contributed by atoms with Crippen LogP contribution in [0.1, 0.15) is 23.6 Å². The van der Waals surface area contributed by atoms with Crippen LogP contribution >= 0.6 is 0 Å². The van der Waals surface area contributed by atoms with Gasteiger partial charge in [0.25, 0.3) is 11.8 Å². The summed E-state index contributed by atoms with van der Waals surface area (Å²) in [6.45, 7) is 6.48. The van der Waals surface area contributed by atoms with Gasteiger partial charge in [-0.3, -0.25) is 9.59 Å². The topological polar surface area (TPSA) is 62.6 Å². The van der Waals surface area contributed by atoms with Crippen LogP contribution in [-0.4, -0.2) is 32.0 Å². The monoisotopic (exact) mass is 354 g/mol. The highest BCUT2D eigenvalue weighted by Gasteiger charge is 2.15. The van der Waals surface area contributed by atoms with Gasteiger partial charge in [-0.05, 0) is 49.1 Å². The molecule has 0 aliphatic heterocycles. The number of rotatable bonds is 7. The summed E-state index contributed by atoms with van der Waals surface area (Å²) in [6, 6.07) is 13.7. The van der Waals surface area contributed by atoms with E-state index in [2.05, 4.69) is 17.6 Å². The molecule has 2 aromatic carbocycles. The molecule has 2 amide bonds. The molecule has 0 spiro atoms. The van der Waals surface area contributed by atoms with Crippen LogP contribution in [0.4, 0.5) is 11.4 Å². The minimum Gasteiger partial charge on any atom is -0.322 e. The smallest absolute Gasteiger partial charge is 0.279 e. The number of hydrogen-bond donors (Lipinski definition) is 3. The first-order chi connectivity index (χ1) is 12.4. The lowest BCUT2D eigenvalue weighted by atomic mass is 10.1. The predicted molar refractivity (Wildman–Crippen MR) is 106 cm³/mol. The van der Waals surface area contributed by atoms with Gasteiger partial charge in [-0.15, -0.1) is 0 Å². The first-order valence-corrected chi connectivity index (χ1v) is 8.95. The van der Waals surface area contributed by atoms with Crippen LogP contribution in [0.5, 0.6) is 0 Å². The van der Waals surface area contributed by atoms with E-state index in [1.165, 1.54) is 5.56 Å². The third-order valence-electron chi connectivity index (χ3n) is 4.29. The molecule has 0 aliphatic carbocycles. The minimum atomic E-state index is -0.101. The Morgan fingerprint density at radius 1 is 0.923 bits per heavy atom. The maximum absolute atomic E-state index is 12.3. The van der Waals surface area contributed by atoms with Gasteiger partial charge in [-0.1, -0.05) is 37.3 Å². The second-order valence-electron chi connectivity index (χ2n) is 6.73. The van der Waals surface area contributed by atoms with Crippen molar-refractivity contribution in [3.63, 3.8) is 0 Å². The average Bonchev–Trinajstić information content (AvgIpc) is 2.58. The summed E-state index contributed by atoms with van der Waals surface area (Å²) in [5.74, 6) is -0.198. The Bertz CT molecular complexity index is 766. The summed E-state index contributed by atoms with van der Waals surface area (Å²) in [5, 5.41) is 5.85. The summed E-state index contributed by atoms with van der Waals surface area (Å²) < 4.78 is 0. The van der Waals surface area contributed by atoms with Crippen LogP contribution in [0.25, 0.3) is 0 Å². The average molecular weight is 354 g/mol. The van der Waals surface area contributed by atoms with Gasteiger partial charge in [0.2, 0.25) is 0 Å². The van der Waals surface area contributed by atoms with E-state index in [0.717, 1.165) is 33.8 Å². The van der Waals surface area contributed by atoms with Gasteiger partial charge < -0.3 is 15.5 Å². The van der Waals surface area contributed by atoms with E-state index in [1.54, 1.807) is 0 Å². The molecule has 0 aliphatic rings. The summed E-state index contributed by atoms with van der Waals surface area (Å²) >= 11 is 0. The maximum Gasteiger partial charge on any atom is 0.279 e. The molecular weight excluding hydrogens is 326 g/mol. The number of aryl methyl sites for hydroxylation is 3. The van der Waals surface area contributed by atoms with Crippen LogP contribution < -0.4 is 15.5 Å². The fourth-order valence-corrected chi connectivity index (χ4v) is 2.88. The SMILES string of the molecule is CCc1cccc(NC(=O)C[NH+](C)CC(=O)Nc2c(C)cccc2C)c1. The van der Waals surface area contributed by atoms with Gasteiger partial charge in [0.15, 0.2) is 13.1 Å². The number of quaternary nitrogens is 1. The van der Waals surface area contributed by atoms with Crippen molar-refractivity contribution >= 4 is 23.2 Å². The lowest BCUT2D eigenvalue weighted by Gasteiger charge is -2.15. The van der Waals surface area contributed by atoms with Crippen molar-refractivity contribution < 1.29 is 14.5 Å². The van der Waals surface area contributed by atoms with Gasteiger partial charge in [0.1, 0.15) is 0 Å². The predicted octanol–water partition coefficient (Wildman–Crippen LogP) is 1.96. The molecule has 0 saturated carbocycles. The van der Waals surface area contributed by atoms with E-state index in [0.29, 0.717) is 0 Å². The molecule has 0 radical (unpaired) electrons. The molecule has 1 atom stereocenters. The molecule has 26 heavy (non-hydrogen) atoms. The number of amides is 2. The van der Waals surface area contributed by atoms with Gasteiger partial charge in [-0.2, -0.15) is 0 Å². The lowest BCUT2D eigenvalue weighted by molar-refractivity contribution is -0.862. The van der Waals surface area contributed by atoms with E-state index >= 15 is 0 Å². The number of hydrogen-bond acceptors (Lipinski definition) is 2. The fraction of sp³-hybridized carbons (Fsp3) is 0.333. The lowest BCUT2D eigenvalue weighted by Crippen LogP contribution is -3.11. The second-order valence-corrected chi connectivity index (χ2v) is 6.73. The number of para-hydroxylation sites is 1. The van der Waals surface area contributed by atoms with Crippen LogP contribution in [0.15, 0.2) is 42.5 Å². The Labute approximate surface area is 155 Å². The zero-order valence-electron chi connectivity index (χ0n) is 16.0. The van der Waals surface area contributed by atoms with Crippen LogP contribution in [0, 0.1) is 13.8 Å². The van der Waals surface area contributed by atoms with Crippen LogP contribution in [0.2, 0.25) is 0 Å². The Morgan fingerprint density at radius 3 is 2.12 bits per heavy atom. The number of anilines is 2. The normalized spacial score (nSPS) is 11.7. The first kappa shape index (κ1) is 19.7. The third kappa shape index (κ3) is 5.70. The van der Waals surface area contributed by atoms with Gasteiger partial charge in [-0.25, -0.2) is 0 Å². The number of carbonyl (C=O) groups excluding carboxylic acids is 2. The van der Waals surface area contributed by atoms with Crippen LogP contribution in [0.3, 0.4) is 0 Å². The van der Waals surface area contributed by atoms with Gasteiger partial charge >= 0.3 is 0 Å². The summed E-state index contributed by atoms with van der Waals surface area (Å²) in [4.78, 5) is 25.3. The quantitative estimate of drug-likeness (QED) is 0.712. The second kappa shape index (κ2) is 9.15. The molecule has 2 rings (SSSR count). The third-order valence-corrected chi connectivity index (χ3v) is 4.29. The highest BCUT2D eigenvalue weighted by molar-refractivity contribution is 5.94. The molecule has 138 valence electrons. The van der Waals surface area contributed by atoms with Gasteiger partial charge in [0.05, 0.1) is 7.05 Å². The van der Waals surface area contributed by atoms with Crippen molar-refractivity contribution in [1.82, 2.24) is 0 Å². The zero-order valence-corrected chi connectivity index (χ0v) is 16.0. The molecule has 1 unspecified atom stereocenters. The van der Waals surface area contributed by atoms with E-state index in [9.17, 15) is 9.59 Å². The highest BCUT2D eigenvalue weighted by Crippen LogP contribution is 2.18. The minimum absolute atomic E-state index is 0.0966. The first-order valence-electron chi connectivity index (χ1n) is 8.95. The largest absolute Gasteiger partial charge is 0.322 e. The molecule has 0 heterocycles.